The zero-order chi connectivity index (χ0) is 10.8. The number of hydrogen-bond acceptors (Lipinski definition) is 2. The van der Waals surface area contributed by atoms with Crippen LogP contribution < -0.4 is 5.73 Å². The Hall–Kier alpha value is -1.42. The van der Waals surface area contributed by atoms with Gasteiger partial charge in [-0.25, -0.2) is 4.39 Å². The van der Waals surface area contributed by atoms with E-state index >= 15 is 0 Å². The first-order valence-electron chi connectivity index (χ1n) is 4.33. The Bertz CT molecular complexity index is 485. The van der Waals surface area contributed by atoms with E-state index in [-0.39, 0.29) is 5.82 Å². The average molecular weight is 267 g/mol. The number of halogens is 2. The van der Waals surface area contributed by atoms with Crippen molar-refractivity contribution < 1.29 is 4.39 Å². The number of aromatic nitrogens is 1. The largest absolute Gasteiger partial charge is 0.399 e. The molecule has 0 spiro atoms. The smallest absolute Gasteiger partial charge is 0.145 e. The summed E-state index contributed by atoms with van der Waals surface area (Å²) in [5, 5.41) is 0. The lowest BCUT2D eigenvalue weighted by Crippen LogP contribution is -1.91. The molecule has 0 saturated carbocycles. The second-order valence-electron chi connectivity index (χ2n) is 3.11. The zero-order valence-corrected chi connectivity index (χ0v) is 9.33. The van der Waals surface area contributed by atoms with Gasteiger partial charge in [0.1, 0.15) is 5.82 Å². The number of nitrogens with two attached hydrogens (primary N) is 1. The second kappa shape index (κ2) is 3.98. The molecule has 0 aliphatic rings. The minimum absolute atomic E-state index is 0.322. The molecule has 2 aromatic rings. The summed E-state index contributed by atoms with van der Waals surface area (Å²) in [4.78, 5) is 3.94. The van der Waals surface area contributed by atoms with Crippen molar-refractivity contribution in [2.24, 2.45) is 0 Å². The summed E-state index contributed by atoms with van der Waals surface area (Å²) in [6.07, 6.45) is 3.24. The fourth-order valence-electron chi connectivity index (χ4n) is 1.34. The van der Waals surface area contributed by atoms with E-state index in [0.29, 0.717) is 21.3 Å². The summed E-state index contributed by atoms with van der Waals surface area (Å²) < 4.78 is 14.1. The molecule has 76 valence electrons. The maximum Gasteiger partial charge on any atom is 0.145 e. The highest BCUT2D eigenvalue weighted by Gasteiger charge is 2.09. The van der Waals surface area contributed by atoms with Crippen molar-refractivity contribution in [1.82, 2.24) is 4.98 Å². The summed E-state index contributed by atoms with van der Waals surface area (Å²) in [5.41, 5.74) is 7.33. The van der Waals surface area contributed by atoms with Crippen LogP contribution in [-0.2, 0) is 0 Å². The van der Waals surface area contributed by atoms with Gasteiger partial charge in [-0.2, -0.15) is 0 Å². The number of nitrogens with zero attached hydrogens (tertiary/aromatic N) is 1. The zero-order valence-electron chi connectivity index (χ0n) is 7.74. The molecule has 1 aromatic heterocycles. The van der Waals surface area contributed by atoms with Crippen LogP contribution in [0, 0.1) is 5.82 Å². The molecule has 0 atom stereocenters. The van der Waals surface area contributed by atoms with Crippen LogP contribution in [0.2, 0.25) is 0 Å². The number of benzene rings is 1. The van der Waals surface area contributed by atoms with Crippen molar-refractivity contribution in [3.63, 3.8) is 0 Å². The standard InChI is InChI=1S/C11H8BrFN2/c12-10-5-8(14)4-9(11(10)13)7-2-1-3-15-6-7/h1-6H,14H2. The first-order chi connectivity index (χ1) is 7.18. The highest BCUT2D eigenvalue weighted by molar-refractivity contribution is 9.10. The lowest BCUT2D eigenvalue weighted by Gasteiger charge is -2.06. The molecule has 0 saturated heterocycles. The molecule has 0 unspecified atom stereocenters. The molecule has 1 aromatic carbocycles. The number of nitrogen functional groups attached to an aromatic ring is 1. The Kier molecular flexibility index (Phi) is 2.68. The van der Waals surface area contributed by atoms with E-state index in [4.69, 9.17) is 5.73 Å². The van der Waals surface area contributed by atoms with Gasteiger partial charge in [-0.3, -0.25) is 4.98 Å². The molecule has 2 nitrogen and oxygen atoms in total. The molecule has 15 heavy (non-hydrogen) atoms. The second-order valence-corrected chi connectivity index (χ2v) is 3.96. The van der Waals surface area contributed by atoms with Gasteiger partial charge in [0.2, 0.25) is 0 Å². The Morgan fingerprint density at radius 2 is 2.13 bits per heavy atom. The fourth-order valence-corrected chi connectivity index (χ4v) is 1.82. The van der Waals surface area contributed by atoms with Crippen molar-refractivity contribution in [3.8, 4) is 11.1 Å². The Labute approximate surface area is 95.1 Å². The average Bonchev–Trinajstić information content (AvgIpc) is 2.24. The van der Waals surface area contributed by atoms with Crippen molar-refractivity contribution in [2.75, 3.05) is 5.73 Å². The normalized spacial score (nSPS) is 10.3. The van der Waals surface area contributed by atoms with E-state index in [2.05, 4.69) is 20.9 Å². The van der Waals surface area contributed by atoms with Gasteiger partial charge in [0, 0.05) is 29.2 Å². The predicted octanol–water partition coefficient (Wildman–Crippen LogP) is 3.23. The van der Waals surface area contributed by atoms with Crippen LogP contribution in [0.3, 0.4) is 0 Å². The topological polar surface area (TPSA) is 38.9 Å². The van der Waals surface area contributed by atoms with E-state index in [9.17, 15) is 4.39 Å². The minimum atomic E-state index is -0.322. The van der Waals surface area contributed by atoms with Crippen LogP contribution in [0.5, 0.6) is 0 Å². The van der Waals surface area contributed by atoms with Gasteiger partial charge in [-0.1, -0.05) is 6.07 Å². The molecule has 0 amide bonds. The number of anilines is 1. The molecule has 0 fully saturated rings. The Balaban J connectivity index is 2.63. The quantitative estimate of drug-likeness (QED) is 0.805. The first kappa shape index (κ1) is 10.1. The van der Waals surface area contributed by atoms with Gasteiger partial charge in [-0.05, 0) is 34.1 Å². The van der Waals surface area contributed by atoms with E-state index in [1.807, 2.05) is 0 Å². The summed E-state index contributed by atoms with van der Waals surface area (Å²) in [5.74, 6) is -0.322. The van der Waals surface area contributed by atoms with Crippen LogP contribution >= 0.6 is 15.9 Å². The molecule has 0 aliphatic carbocycles. The third kappa shape index (κ3) is 1.99. The van der Waals surface area contributed by atoms with Gasteiger partial charge in [0.05, 0.1) is 4.47 Å². The van der Waals surface area contributed by atoms with Gasteiger partial charge >= 0.3 is 0 Å². The molecule has 2 N–H and O–H groups in total. The minimum Gasteiger partial charge on any atom is -0.399 e. The lowest BCUT2D eigenvalue weighted by molar-refractivity contribution is 0.625. The van der Waals surface area contributed by atoms with Crippen LogP contribution in [0.1, 0.15) is 0 Å². The molecule has 2 rings (SSSR count). The van der Waals surface area contributed by atoms with Crippen LogP contribution in [0.25, 0.3) is 11.1 Å². The summed E-state index contributed by atoms with van der Waals surface area (Å²) >= 11 is 3.12. The van der Waals surface area contributed by atoms with E-state index in [1.165, 1.54) is 6.07 Å². The molecular formula is C11H8BrFN2. The van der Waals surface area contributed by atoms with Gasteiger partial charge < -0.3 is 5.73 Å². The maximum atomic E-state index is 13.7. The van der Waals surface area contributed by atoms with Crippen LogP contribution in [0.15, 0.2) is 41.1 Å². The highest BCUT2D eigenvalue weighted by Crippen LogP contribution is 2.29. The summed E-state index contributed by atoms with van der Waals surface area (Å²) in [6.45, 7) is 0. The van der Waals surface area contributed by atoms with Crippen LogP contribution in [0.4, 0.5) is 10.1 Å². The third-order valence-electron chi connectivity index (χ3n) is 2.02. The summed E-state index contributed by atoms with van der Waals surface area (Å²) in [7, 11) is 0. The molecular weight excluding hydrogens is 259 g/mol. The Morgan fingerprint density at radius 1 is 1.33 bits per heavy atom. The summed E-state index contributed by atoms with van der Waals surface area (Å²) in [6, 6.07) is 6.68. The first-order valence-corrected chi connectivity index (χ1v) is 5.12. The monoisotopic (exact) mass is 266 g/mol. The Morgan fingerprint density at radius 3 is 2.80 bits per heavy atom. The SMILES string of the molecule is Nc1cc(Br)c(F)c(-c2cccnc2)c1. The van der Waals surface area contributed by atoms with E-state index in [1.54, 1.807) is 30.6 Å². The third-order valence-corrected chi connectivity index (χ3v) is 2.60. The van der Waals surface area contributed by atoms with Crippen molar-refractivity contribution in [1.29, 1.82) is 0 Å². The lowest BCUT2D eigenvalue weighted by atomic mass is 10.1. The molecule has 0 radical (unpaired) electrons. The number of hydrogen-bond donors (Lipinski definition) is 1. The number of rotatable bonds is 1. The van der Waals surface area contributed by atoms with Crippen molar-refractivity contribution >= 4 is 21.6 Å². The van der Waals surface area contributed by atoms with Gasteiger partial charge in [0.25, 0.3) is 0 Å². The van der Waals surface area contributed by atoms with Crippen molar-refractivity contribution in [3.05, 3.63) is 46.9 Å². The molecule has 0 bridgehead atoms. The van der Waals surface area contributed by atoms with E-state index < -0.39 is 0 Å². The van der Waals surface area contributed by atoms with Gasteiger partial charge in [0.15, 0.2) is 0 Å². The van der Waals surface area contributed by atoms with Crippen molar-refractivity contribution in [2.45, 2.75) is 0 Å². The molecule has 4 heteroatoms. The van der Waals surface area contributed by atoms with Gasteiger partial charge in [-0.15, -0.1) is 0 Å². The predicted molar refractivity (Wildman–Crippen MR) is 61.7 cm³/mol. The fraction of sp³-hybridized carbons (Fsp3) is 0. The highest BCUT2D eigenvalue weighted by atomic mass is 79.9. The molecule has 0 aliphatic heterocycles. The molecule has 1 heterocycles. The maximum absolute atomic E-state index is 13.7. The number of pyridine rings is 1. The van der Waals surface area contributed by atoms with Crippen LogP contribution in [-0.4, -0.2) is 4.98 Å². The van der Waals surface area contributed by atoms with E-state index in [0.717, 1.165) is 0 Å².